The van der Waals surface area contributed by atoms with Gasteiger partial charge in [-0.25, -0.2) is 15.0 Å². The van der Waals surface area contributed by atoms with E-state index in [2.05, 4.69) is 25.6 Å². The first kappa shape index (κ1) is 10.2. The molecule has 0 saturated carbocycles. The van der Waals surface area contributed by atoms with E-state index >= 15 is 0 Å². The Morgan fingerprint density at radius 1 is 1.27 bits per heavy atom. The van der Waals surface area contributed by atoms with Gasteiger partial charge in [0.15, 0.2) is 0 Å². The summed E-state index contributed by atoms with van der Waals surface area (Å²) >= 11 is 1.63. The monoisotopic (exact) mass is 220 g/mol. The van der Waals surface area contributed by atoms with Gasteiger partial charge in [0.2, 0.25) is 0 Å². The number of nitrogens with zero attached hydrogens (tertiary/aromatic N) is 3. The molecule has 2 rings (SSSR count). The van der Waals surface area contributed by atoms with Gasteiger partial charge in [-0.2, -0.15) is 0 Å². The van der Waals surface area contributed by atoms with Gasteiger partial charge in [0.25, 0.3) is 0 Å². The van der Waals surface area contributed by atoms with E-state index in [9.17, 15) is 0 Å². The lowest BCUT2D eigenvalue weighted by Crippen LogP contribution is -2.17. The summed E-state index contributed by atoms with van der Waals surface area (Å²) in [6.07, 6.45) is 4.29. The standard InChI is InChI=1S/C10H12N4S/c1-4-12-7-13-9(1)5-11-3-2-10-6-15-8-14-10/h1,4,6-8,11H,2-3,5H2. The molecule has 0 spiro atoms. The Balaban J connectivity index is 1.68. The van der Waals surface area contributed by atoms with E-state index in [0.29, 0.717) is 0 Å². The highest BCUT2D eigenvalue weighted by atomic mass is 32.1. The quantitative estimate of drug-likeness (QED) is 0.771. The zero-order valence-electron chi connectivity index (χ0n) is 8.26. The number of hydrogen-bond donors (Lipinski definition) is 1. The van der Waals surface area contributed by atoms with Gasteiger partial charge in [-0.1, -0.05) is 0 Å². The predicted molar refractivity (Wildman–Crippen MR) is 59.6 cm³/mol. The van der Waals surface area contributed by atoms with Gasteiger partial charge in [0.1, 0.15) is 6.33 Å². The van der Waals surface area contributed by atoms with Crippen LogP contribution in [-0.2, 0) is 13.0 Å². The molecule has 0 aromatic carbocycles. The lowest BCUT2D eigenvalue weighted by atomic mass is 10.3. The van der Waals surface area contributed by atoms with Crippen LogP contribution in [0.5, 0.6) is 0 Å². The molecule has 0 aliphatic rings. The summed E-state index contributed by atoms with van der Waals surface area (Å²) in [6.45, 7) is 1.71. The second-order valence-corrected chi connectivity index (χ2v) is 3.83. The highest BCUT2D eigenvalue weighted by Gasteiger charge is 1.95. The van der Waals surface area contributed by atoms with E-state index in [1.807, 2.05) is 11.6 Å². The van der Waals surface area contributed by atoms with Crippen LogP contribution >= 0.6 is 11.3 Å². The minimum atomic E-state index is 0.784. The predicted octanol–water partition coefficient (Wildman–Crippen LogP) is 1.27. The van der Waals surface area contributed by atoms with Crippen molar-refractivity contribution >= 4 is 11.3 Å². The zero-order chi connectivity index (χ0) is 10.3. The SMILES string of the molecule is c1cc(CNCCc2cscn2)ncn1. The largest absolute Gasteiger partial charge is 0.311 e. The number of nitrogens with one attached hydrogen (secondary N) is 1. The van der Waals surface area contributed by atoms with Crippen LogP contribution in [-0.4, -0.2) is 21.5 Å². The van der Waals surface area contributed by atoms with Crippen LogP contribution in [0.2, 0.25) is 0 Å². The van der Waals surface area contributed by atoms with Crippen molar-refractivity contribution in [2.24, 2.45) is 0 Å². The van der Waals surface area contributed by atoms with Gasteiger partial charge in [0, 0.05) is 31.1 Å². The Hall–Kier alpha value is -1.33. The second kappa shape index (κ2) is 5.53. The molecule has 0 unspecified atom stereocenters. The first-order valence-corrected chi connectivity index (χ1v) is 5.72. The molecular formula is C10H12N4S. The molecule has 0 amide bonds. The highest BCUT2D eigenvalue weighted by molar-refractivity contribution is 7.07. The summed E-state index contributed by atoms with van der Waals surface area (Å²) in [6, 6.07) is 1.91. The van der Waals surface area contributed by atoms with Crippen molar-refractivity contribution in [1.29, 1.82) is 0 Å². The molecule has 0 saturated heterocycles. The zero-order valence-corrected chi connectivity index (χ0v) is 9.07. The Bertz CT molecular complexity index is 374. The molecule has 0 atom stereocenters. The summed E-state index contributed by atoms with van der Waals surface area (Å²) in [5.74, 6) is 0. The number of thiazole rings is 1. The third-order valence-electron chi connectivity index (χ3n) is 1.99. The maximum atomic E-state index is 4.21. The van der Waals surface area contributed by atoms with Crippen LogP contribution in [0.1, 0.15) is 11.4 Å². The highest BCUT2D eigenvalue weighted by Crippen LogP contribution is 2.00. The maximum absolute atomic E-state index is 4.21. The van der Waals surface area contributed by atoms with E-state index in [0.717, 1.165) is 30.9 Å². The fraction of sp³-hybridized carbons (Fsp3) is 0.300. The Kier molecular flexibility index (Phi) is 3.76. The van der Waals surface area contributed by atoms with Gasteiger partial charge in [-0.3, -0.25) is 0 Å². The van der Waals surface area contributed by atoms with E-state index < -0.39 is 0 Å². The molecular weight excluding hydrogens is 208 g/mol. The molecule has 0 aliphatic heterocycles. The average molecular weight is 220 g/mol. The number of aromatic nitrogens is 3. The molecule has 1 N–H and O–H groups in total. The van der Waals surface area contributed by atoms with Crippen LogP contribution in [0.3, 0.4) is 0 Å². The van der Waals surface area contributed by atoms with Crippen molar-refractivity contribution in [3.05, 3.63) is 40.9 Å². The molecule has 0 fully saturated rings. The molecule has 15 heavy (non-hydrogen) atoms. The number of hydrogen-bond acceptors (Lipinski definition) is 5. The fourth-order valence-electron chi connectivity index (χ4n) is 1.22. The van der Waals surface area contributed by atoms with Crippen LogP contribution < -0.4 is 5.32 Å². The topological polar surface area (TPSA) is 50.7 Å². The molecule has 2 aromatic heterocycles. The first-order chi connectivity index (χ1) is 7.45. The Morgan fingerprint density at radius 2 is 2.27 bits per heavy atom. The van der Waals surface area contributed by atoms with E-state index in [1.54, 1.807) is 23.9 Å². The van der Waals surface area contributed by atoms with Gasteiger partial charge in [-0.15, -0.1) is 11.3 Å². The molecule has 0 bridgehead atoms. The van der Waals surface area contributed by atoms with Crippen LogP contribution in [0.25, 0.3) is 0 Å². The van der Waals surface area contributed by atoms with Crippen LogP contribution in [0.4, 0.5) is 0 Å². The summed E-state index contributed by atoms with van der Waals surface area (Å²) in [4.78, 5) is 12.2. The average Bonchev–Trinajstić information content (AvgIpc) is 2.79. The van der Waals surface area contributed by atoms with Crippen molar-refractivity contribution in [3.8, 4) is 0 Å². The molecule has 0 aliphatic carbocycles. The van der Waals surface area contributed by atoms with Gasteiger partial charge in [-0.05, 0) is 6.07 Å². The Morgan fingerprint density at radius 3 is 3.00 bits per heavy atom. The van der Waals surface area contributed by atoms with Crippen LogP contribution in [0.15, 0.2) is 29.5 Å². The maximum Gasteiger partial charge on any atom is 0.115 e. The second-order valence-electron chi connectivity index (χ2n) is 3.11. The molecule has 4 nitrogen and oxygen atoms in total. The van der Waals surface area contributed by atoms with Crippen molar-refractivity contribution in [2.45, 2.75) is 13.0 Å². The normalized spacial score (nSPS) is 10.4. The van der Waals surface area contributed by atoms with Gasteiger partial charge < -0.3 is 5.32 Å². The summed E-state index contributed by atoms with van der Waals surface area (Å²) in [5.41, 5.74) is 4.03. The molecule has 5 heteroatoms. The molecule has 2 heterocycles. The van der Waals surface area contributed by atoms with E-state index in [4.69, 9.17) is 0 Å². The van der Waals surface area contributed by atoms with Crippen LogP contribution in [0, 0.1) is 0 Å². The first-order valence-electron chi connectivity index (χ1n) is 4.78. The molecule has 0 radical (unpaired) electrons. The van der Waals surface area contributed by atoms with E-state index in [1.165, 1.54) is 0 Å². The summed E-state index contributed by atoms with van der Waals surface area (Å²) < 4.78 is 0. The number of rotatable bonds is 5. The summed E-state index contributed by atoms with van der Waals surface area (Å²) in [5, 5.41) is 5.39. The minimum absolute atomic E-state index is 0.784. The lowest BCUT2D eigenvalue weighted by Gasteiger charge is -2.01. The van der Waals surface area contributed by atoms with Gasteiger partial charge in [0.05, 0.1) is 16.9 Å². The summed E-state index contributed by atoms with van der Waals surface area (Å²) in [7, 11) is 0. The molecule has 78 valence electrons. The third-order valence-corrected chi connectivity index (χ3v) is 2.63. The Labute approximate surface area is 92.4 Å². The lowest BCUT2D eigenvalue weighted by molar-refractivity contribution is 0.668. The van der Waals surface area contributed by atoms with Crippen molar-refractivity contribution in [2.75, 3.05) is 6.54 Å². The third kappa shape index (κ3) is 3.38. The smallest absolute Gasteiger partial charge is 0.115 e. The van der Waals surface area contributed by atoms with Gasteiger partial charge >= 0.3 is 0 Å². The van der Waals surface area contributed by atoms with Crippen molar-refractivity contribution in [1.82, 2.24) is 20.3 Å². The van der Waals surface area contributed by atoms with E-state index in [-0.39, 0.29) is 0 Å². The van der Waals surface area contributed by atoms with Crippen molar-refractivity contribution in [3.63, 3.8) is 0 Å². The van der Waals surface area contributed by atoms with Crippen molar-refractivity contribution < 1.29 is 0 Å². The molecule has 2 aromatic rings. The minimum Gasteiger partial charge on any atom is -0.311 e. The fourth-order valence-corrected chi connectivity index (χ4v) is 1.81.